The summed E-state index contributed by atoms with van der Waals surface area (Å²) < 4.78 is 3.16. The summed E-state index contributed by atoms with van der Waals surface area (Å²) in [5, 5.41) is 11.7. The lowest BCUT2D eigenvalue weighted by Gasteiger charge is -2.01. The summed E-state index contributed by atoms with van der Waals surface area (Å²) in [6, 6.07) is 10.8. The second-order valence-corrected chi connectivity index (χ2v) is 5.73. The van der Waals surface area contributed by atoms with Crippen molar-refractivity contribution in [3.05, 3.63) is 71.4 Å². The first-order valence-electron chi connectivity index (χ1n) is 7.43. The van der Waals surface area contributed by atoms with Crippen molar-refractivity contribution in [2.45, 2.75) is 6.54 Å². The Morgan fingerprint density at radius 2 is 2.00 bits per heavy atom. The number of carbonyl (C=O) groups excluding carboxylic acids is 1. The molecule has 1 N–H and O–H groups in total. The number of benzene rings is 1. The van der Waals surface area contributed by atoms with Gasteiger partial charge in [0.25, 0.3) is 5.91 Å². The van der Waals surface area contributed by atoms with E-state index in [4.69, 9.17) is 11.6 Å². The molecule has 8 nitrogen and oxygen atoms in total. The molecule has 0 saturated carbocycles. The molecule has 0 saturated heterocycles. The van der Waals surface area contributed by atoms with E-state index in [1.165, 1.54) is 4.52 Å². The number of hydrogen-bond donors (Lipinski definition) is 1. The van der Waals surface area contributed by atoms with Crippen molar-refractivity contribution in [2.75, 3.05) is 5.32 Å². The van der Waals surface area contributed by atoms with Crippen LogP contribution in [0.15, 0.2) is 55.1 Å². The molecule has 0 aliphatic heterocycles. The van der Waals surface area contributed by atoms with E-state index in [2.05, 4.69) is 25.5 Å². The third kappa shape index (κ3) is 3.33. The molecule has 0 aliphatic carbocycles. The zero-order valence-electron chi connectivity index (χ0n) is 12.9. The van der Waals surface area contributed by atoms with Crippen molar-refractivity contribution in [3.63, 3.8) is 0 Å². The van der Waals surface area contributed by atoms with Crippen LogP contribution in [0.5, 0.6) is 0 Å². The highest BCUT2D eigenvalue weighted by Gasteiger charge is 2.13. The first-order valence-corrected chi connectivity index (χ1v) is 7.81. The van der Waals surface area contributed by atoms with E-state index in [9.17, 15) is 4.79 Å². The summed E-state index contributed by atoms with van der Waals surface area (Å²) in [6.07, 6.45) is 4.91. The second-order valence-electron chi connectivity index (χ2n) is 5.30. The molecule has 25 heavy (non-hydrogen) atoms. The smallest absolute Gasteiger partial charge is 0.278 e. The van der Waals surface area contributed by atoms with Crippen LogP contribution in [0.2, 0.25) is 5.02 Å². The summed E-state index contributed by atoms with van der Waals surface area (Å²) in [5.74, 6) is -0.182. The topological polar surface area (TPSA) is 90.0 Å². The lowest BCUT2D eigenvalue weighted by molar-refractivity contribution is 0.102. The minimum absolute atomic E-state index is 0.212. The number of halogens is 1. The van der Waals surface area contributed by atoms with Crippen LogP contribution in [-0.2, 0) is 6.54 Å². The predicted octanol–water partition coefficient (Wildman–Crippen LogP) is 2.27. The van der Waals surface area contributed by atoms with Crippen LogP contribution in [0.3, 0.4) is 0 Å². The normalized spacial score (nSPS) is 10.9. The quantitative estimate of drug-likeness (QED) is 0.608. The van der Waals surface area contributed by atoms with Gasteiger partial charge in [-0.05, 0) is 23.8 Å². The van der Waals surface area contributed by atoms with Crippen molar-refractivity contribution in [1.29, 1.82) is 0 Å². The van der Waals surface area contributed by atoms with Crippen molar-refractivity contribution in [2.24, 2.45) is 0 Å². The Bertz CT molecular complexity index is 1010. The number of hydrogen-bond acceptors (Lipinski definition) is 5. The number of amides is 1. The van der Waals surface area contributed by atoms with Gasteiger partial charge in [-0.2, -0.15) is 5.10 Å². The molecule has 124 valence electrons. The van der Waals surface area contributed by atoms with E-state index >= 15 is 0 Å². The lowest BCUT2D eigenvalue weighted by Crippen LogP contribution is -2.14. The van der Waals surface area contributed by atoms with Crippen LogP contribution in [0.4, 0.5) is 5.95 Å². The lowest BCUT2D eigenvalue weighted by atomic mass is 10.2. The molecule has 0 unspecified atom stereocenters. The van der Waals surface area contributed by atoms with Crippen LogP contribution in [0, 0.1) is 0 Å². The molecule has 3 heterocycles. The molecular weight excluding hydrogens is 342 g/mol. The third-order valence-corrected chi connectivity index (χ3v) is 3.74. The number of rotatable bonds is 4. The number of carbonyl (C=O) groups is 1. The van der Waals surface area contributed by atoms with Crippen LogP contribution < -0.4 is 5.32 Å². The SMILES string of the molecule is O=C(Nc1ncn(Cc2ccc(Cl)cc2)n1)c1cc2ncccn2n1. The number of aromatic nitrogens is 6. The average Bonchev–Trinajstić information content (AvgIpc) is 3.23. The predicted molar refractivity (Wildman–Crippen MR) is 91.5 cm³/mol. The summed E-state index contributed by atoms with van der Waals surface area (Å²) >= 11 is 5.87. The molecule has 9 heteroatoms. The Morgan fingerprint density at radius 1 is 1.16 bits per heavy atom. The highest BCUT2D eigenvalue weighted by Crippen LogP contribution is 2.11. The van der Waals surface area contributed by atoms with Crippen molar-refractivity contribution in [3.8, 4) is 0 Å². The van der Waals surface area contributed by atoms with Crippen LogP contribution in [-0.4, -0.2) is 35.3 Å². The highest BCUT2D eigenvalue weighted by molar-refractivity contribution is 6.30. The fourth-order valence-corrected chi connectivity index (χ4v) is 2.44. The summed E-state index contributed by atoms with van der Waals surface area (Å²) in [4.78, 5) is 20.5. The van der Waals surface area contributed by atoms with Crippen molar-refractivity contribution >= 4 is 29.1 Å². The summed E-state index contributed by atoms with van der Waals surface area (Å²) in [5.41, 5.74) is 1.86. The van der Waals surface area contributed by atoms with Gasteiger partial charge in [-0.3, -0.25) is 10.1 Å². The minimum Gasteiger partial charge on any atom is -0.288 e. The molecule has 0 fully saturated rings. The van der Waals surface area contributed by atoms with Crippen LogP contribution >= 0.6 is 11.6 Å². The maximum atomic E-state index is 12.3. The Kier molecular flexibility index (Phi) is 3.87. The first-order chi connectivity index (χ1) is 12.2. The standard InChI is InChI=1S/C16H12ClN7O/c17-12-4-2-11(3-5-12)9-23-10-19-16(22-23)20-15(25)13-8-14-18-6-1-7-24(14)21-13/h1-8,10H,9H2,(H,20,22,25). The van der Waals surface area contributed by atoms with Gasteiger partial charge in [0, 0.05) is 23.5 Å². The van der Waals surface area contributed by atoms with E-state index in [1.807, 2.05) is 24.3 Å². The van der Waals surface area contributed by atoms with Gasteiger partial charge in [-0.1, -0.05) is 23.7 Å². The fraction of sp³-hybridized carbons (Fsp3) is 0.0625. The van der Waals surface area contributed by atoms with Crippen LogP contribution in [0.25, 0.3) is 5.65 Å². The Morgan fingerprint density at radius 3 is 2.80 bits per heavy atom. The van der Waals surface area contributed by atoms with Gasteiger partial charge in [0.1, 0.15) is 6.33 Å². The highest BCUT2D eigenvalue weighted by atomic mass is 35.5. The first kappa shape index (κ1) is 15.3. The minimum atomic E-state index is -0.394. The van der Waals surface area contributed by atoms with E-state index in [0.29, 0.717) is 17.2 Å². The molecule has 0 spiro atoms. The maximum absolute atomic E-state index is 12.3. The summed E-state index contributed by atoms with van der Waals surface area (Å²) in [6.45, 7) is 0.526. The largest absolute Gasteiger partial charge is 0.288 e. The van der Waals surface area contributed by atoms with Gasteiger partial charge in [0.2, 0.25) is 5.95 Å². The fourth-order valence-electron chi connectivity index (χ4n) is 2.31. The number of nitrogens with one attached hydrogen (secondary N) is 1. The molecule has 4 aromatic rings. The third-order valence-electron chi connectivity index (χ3n) is 3.49. The molecule has 1 aromatic carbocycles. The number of fused-ring (bicyclic) bond motifs is 1. The maximum Gasteiger partial charge on any atom is 0.278 e. The van der Waals surface area contributed by atoms with E-state index < -0.39 is 5.91 Å². The number of nitrogens with zero attached hydrogens (tertiary/aromatic N) is 6. The monoisotopic (exact) mass is 353 g/mol. The molecule has 0 radical (unpaired) electrons. The molecule has 0 aliphatic rings. The van der Waals surface area contributed by atoms with Gasteiger partial charge in [-0.25, -0.2) is 19.2 Å². The molecule has 0 bridgehead atoms. The average molecular weight is 354 g/mol. The molecule has 3 aromatic heterocycles. The molecule has 4 rings (SSSR count). The second kappa shape index (κ2) is 6.33. The zero-order chi connectivity index (χ0) is 17.2. The van der Waals surface area contributed by atoms with Crippen molar-refractivity contribution < 1.29 is 4.79 Å². The van der Waals surface area contributed by atoms with Crippen molar-refractivity contribution in [1.82, 2.24) is 29.4 Å². The molecule has 0 atom stereocenters. The van der Waals surface area contributed by atoms with E-state index in [0.717, 1.165) is 5.56 Å². The van der Waals surface area contributed by atoms with Gasteiger partial charge < -0.3 is 0 Å². The Balaban J connectivity index is 1.46. The van der Waals surface area contributed by atoms with Gasteiger partial charge in [-0.15, -0.1) is 5.10 Å². The zero-order valence-corrected chi connectivity index (χ0v) is 13.6. The van der Waals surface area contributed by atoms with E-state index in [-0.39, 0.29) is 11.6 Å². The number of anilines is 1. The van der Waals surface area contributed by atoms with Gasteiger partial charge >= 0.3 is 0 Å². The summed E-state index contributed by atoms with van der Waals surface area (Å²) in [7, 11) is 0. The van der Waals surface area contributed by atoms with Gasteiger partial charge in [0.05, 0.1) is 6.54 Å². The van der Waals surface area contributed by atoms with E-state index in [1.54, 1.807) is 35.5 Å². The molecular formula is C16H12ClN7O. The molecule has 1 amide bonds. The van der Waals surface area contributed by atoms with Gasteiger partial charge in [0.15, 0.2) is 11.3 Å². The van der Waals surface area contributed by atoms with Crippen LogP contribution in [0.1, 0.15) is 16.1 Å². The Hall–Kier alpha value is -3.26. The Labute approximate surface area is 147 Å².